The van der Waals surface area contributed by atoms with E-state index in [1.807, 2.05) is 0 Å². The zero-order valence-electron chi connectivity index (χ0n) is 8.73. The molecule has 3 rings (SSSR count). The number of nitro groups is 1. The van der Waals surface area contributed by atoms with Gasteiger partial charge in [0.15, 0.2) is 0 Å². The van der Waals surface area contributed by atoms with Gasteiger partial charge < -0.3 is 14.8 Å². The number of fused-ring (bicyclic) bond motifs is 2. The molecule has 1 spiro atoms. The lowest BCUT2D eigenvalue weighted by Gasteiger charge is -2.22. The molecule has 0 amide bonds. The molecular formula is C10H9N3O4. The highest BCUT2D eigenvalue weighted by atomic mass is 16.8. The SMILES string of the molecule is N=C1NC2(OCCO2)c2cccc([N+](=O)[O-])c21. The van der Waals surface area contributed by atoms with Crippen molar-refractivity contribution in [3.8, 4) is 0 Å². The van der Waals surface area contributed by atoms with Crippen molar-refractivity contribution in [2.24, 2.45) is 0 Å². The quantitative estimate of drug-likeness (QED) is 0.551. The van der Waals surface area contributed by atoms with Gasteiger partial charge in [0.05, 0.1) is 23.7 Å². The maximum Gasteiger partial charge on any atom is 0.280 e. The molecule has 88 valence electrons. The van der Waals surface area contributed by atoms with Gasteiger partial charge in [-0.15, -0.1) is 0 Å². The Hall–Kier alpha value is -1.99. The molecule has 7 heteroatoms. The molecule has 1 fully saturated rings. The number of nitrogens with one attached hydrogen (secondary N) is 2. The number of amidine groups is 1. The molecule has 17 heavy (non-hydrogen) atoms. The minimum Gasteiger partial charge on any atom is -0.327 e. The molecule has 0 unspecified atom stereocenters. The summed E-state index contributed by atoms with van der Waals surface area (Å²) in [7, 11) is 0. The summed E-state index contributed by atoms with van der Waals surface area (Å²) in [6, 6.07) is 4.59. The van der Waals surface area contributed by atoms with Gasteiger partial charge in [-0.2, -0.15) is 0 Å². The van der Waals surface area contributed by atoms with Crippen molar-refractivity contribution in [3.05, 3.63) is 39.4 Å². The van der Waals surface area contributed by atoms with Crippen LogP contribution in [-0.4, -0.2) is 24.0 Å². The van der Waals surface area contributed by atoms with Crippen LogP contribution in [0.3, 0.4) is 0 Å². The van der Waals surface area contributed by atoms with Crippen molar-refractivity contribution in [3.63, 3.8) is 0 Å². The summed E-state index contributed by atoms with van der Waals surface area (Å²) < 4.78 is 10.9. The zero-order valence-corrected chi connectivity index (χ0v) is 8.73. The molecule has 7 nitrogen and oxygen atoms in total. The first kappa shape index (κ1) is 10.2. The number of hydrogen-bond acceptors (Lipinski definition) is 5. The van der Waals surface area contributed by atoms with Gasteiger partial charge in [0.2, 0.25) is 0 Å². The minimum atomic E-state index is -1.21. The van der Waals surface area contributed by atoms with Crippen LogP contribution in [0.15, 0.2) is 18.2 Å². The largest absolute Gasteiger partial charge is 0.327 e. The van der Waals surface area contributed by atoms with E-state index in [0.717, 1.165) is 0 Å². The second kappa shape index (κ2) is 3.25. The van der Waals surface area contributed by atoms with E-state index < -0.39 is 10.8 Å². The Bertz CT molecular complexity index is 522. The molecule has 0 bridgehead atoms. The summed E-state index contributed by atoms with van der Waals surface area (Å²) in [6.07, 6.45) is 0. The first-order valence-electron chi connectivity index (χ1n) is 5.07. The van der Waals surface area contributed by atoms with Crippen LogP contribution in [0.1, 0.15) is 11.1 Å². The van der Waals surface area contributed by atoms with E-state index in [1.165, 1.54) is 6.07 Å². The molecular weight excluding hydrogens is 226 g/mol. The molecule has 0 atom stereocenters. The molecule has 0 aromatic heterocycles. The standard InChI is InChI=1S/C10H9N3O4/c11-9-8-6(2-1-3-7(8)13(14)15)10(12-9)16-4-5-17-10/h1-3H,4-5H2,(H2,11,12). The summed E-state index contributed by atoms with van der Waals surface area (Å²) in [5.74, 6) is -1.26. The molecule has 2 aliphatic heterocycles. The fraction of sp³-hybridized carbons (Fsp3) is 0.300. The van der Waals surface area contributed by atoms with Gasteiger partial charge in [0.1, 0.15) is 11.4 Å². The van der Waals surface area contributed by atoms with Crippen molar-refractivity contribution < 1.29 is 14.4 Å². The normalized spacial score (nSPS) is 20.4. The molecule has 1 saturated heterocycles. The van der Waals surface area contributed by atoms with Crippen molar-refractivity contribution in [1.29, 1.82) is 5.41 Å². The summed E-state index contributed by atoms with van der Waals surface area (Å²) in [5, 5.41) is 21.4. The molecule has 0 radical (unpaired) electrons. The van der Waals surface area contributed by atoms with Crippen molar-refractivity contribution in [1.82, 2.24) is 5.32 Å². The third kappa shape index (κ3) is 1.26. The lowest BCUT2D eigenvalue weighted by molar-refractivity contribution is -0.385. The molecule has 1 aromatic rings. The second-order valence-electron chi connectivity index (χ2n) is 3.77. The molecule has 2 N–H and O–H groups in total. The molecule has 0 aliphatic carbocycles. The Balaban J connectivity index is 2.22. The number of hydrogen-bond donors (Lipinski definition) is 2. The Kier molecular flexibility index (Phi) is 1.95. The van der Waals surface area contributed by atoms with Crippen molar-refractivity contribution in [2.45, 2.75) is 5.91 Å². The van der Waals surface area contributed by atoms with E-state index >= 15 is 0 Å². The number of rotatable bonds is 1. The van der Waals surface area contributed by atoms with Crippen LogP contribution in [0.5, 0.6) is 0 Å². The van der Waals surface area contributed by atoms with E-state index in [9.17, 15) is 10.1 Å². The third-order valence-corrected chi connectivity index (χ3v) is 2.83. The van der Waals surface area contributed by atoms with Gasteiger partial charge in [-0.1, -0.05) is 12.1 Å². The summed E-state index contributed by atoms with van der Waals surface area (Å²) >= 11 is 0. The Morgan fingerprint density at radius 3 is 2.76 bits per heavy atom. The Labute approximate surface area is 96.0 Å². The average Bonchev–Trinajstić information content (AvgIpc) is 2.87. The number of benzene rings is 1. The second-order valence-corrected chi connectivity index (χ2v) is 3.77. The lowest BCUT2D eigenvalue weighted by atomic mass is 10.1. The Morgan fingerprint density at radius 1 is 1.41 bits per heavy atom. The maximum absolute atomic E-state index is 10.9. The number of nitro benzene ring substituents is 1. The van der Waals surface area contributed by atoms with Gasteiger partial charge in [-0.25, -0.2) is 0 Å². The van der Waals surface area contributed by atoms with Gasteiger partial charge in [0, 0.05) is 6.07 Å². The highest BCUT2D eigenvalue weighted by Crippen LogP contribution is 2.39. The van der Waals surface area contributed by atoms with E-state index in [1.54, 1.807) is 12.1 Å². The third-order valence-electron chi connectivity index (χ3n) is 2.83. The van der Waals surface area contributed by atoms with Crippen LogP contribution in [-0.2, 0) is 15.4 Å². The highest BCUT2D eigenvalue weighted by Gasteiger charge is 2.49. The van der Waals surface area contributed by atoms with Crippen LogP contribution in [0.2, 0.25) is 0 Å². The fourth-order valence-electron chi connectivity index (χ4n) is 2.16. The van der Waals surface area contributed by atoms with Gasteiger partial charge in [-0.3, -0.25) is 15.5 Å². The zero-order chi connectivity index (χ0) is 12.0. The molecule has 2 aliphatic rings. The predicted octanol–water partition coefficient (Wildman–Crippen LogP) is 0.680. The van der Waals surface area contributed by atoms with Crippen LogP contribution in [0.25, 0.3) is 0 Å². The lowest BCUT2D eigenvalue weighted by Crippen LogP contribution is -2.40. The van der Waals surface area contributed by atoms with Crippen LogP contribution in [0.4, 0.5) is 5.69 Å². The topological polar surface area (TPSA) is 97.5 Å². The van der Waals surface area contributed by atoms with Crippen LogP contribution >= 0.6 is 0 Å². The van der Waals surface area contributed by atoms with Crippen molar-refractivity contribution >= 4 is 11.5 Å². The van der Waals surface area contributed by atoms with E-state index in [-0.39, 0.29) is 17.1 Å². The fourth-order valence-corrected chi connectivity index (χ4v) is 2.16. The van der Waals surface area contributed by atoms with Gasteiger partial charge >= 0.3 is 0 Å². The van der Waals surface area contributed by atoms with Gasteiger partial charge in [-0.05, 0) is 0 Å². The molecule has 1 aromatic carbocycles. The average molecular weight is 235 g/mol. The number of nitrogens with zero attached hydrogens (tertiary/aromatic N) is 1. The van der Waals surface area contributed by atoms with Crippen LogP contribution in [0, 0.1) is 15.5 Å². The monoisotopic (exact) mass is 235 g/mol. The minimum absolute atomic E-state index is 0.0470. The first-order valence-corrected chi connectivity index (χ1v) is 5.07. The smallest absolute Gasteiger partial charge is 0.280 e. The molecule has 2 heterocycles. The summed E-state index contributed by atoms with van der Waals surface area (Å²) in [5.41, 5.74) is 0.615. The number of ether oxygens (including phenoxy) is 2. The molecule has 0 saturated carbocycles. The van der Waals surface area contributed by atoms with E-state index in [0.29, 0.717) is 18.8 Å². The van der Waals surface area contributed by atoms with Gasteiger partial charge in [0.25, 0.3) is 11.6 Å². The summed E-state index contributed by atoms with van der Waals surface area (Å²) in [4.78, 5) is 10.4. The first-order chi connectivity index (χ1) is 8.14. The van der Waals surface area contributed by atoms with E-state index in [4.69, 9.17) is 14.9 Å². The summed E-state index contributed by atoms with van der Waals surface area (Å²) in [6.45, 7) is 0.783. The highest BCUT2D eigenvalue weighted by molar-refractivity contribution is 6.04. The Morgan fingerprint density at radius 2 is 2.12 bits per heavy atom. The predicted molar refractivity (Wildman–Crippen MR) is 56.6 cm³/mol. The van der Waals surface area contributed by atoms with Crippen LogP contribution < -0.4 is 5.32 Å². The maximum atomic E-state index is 10.9. The van der Waals surface area contributed by atoms with Crippen molar-refractivity contribution in [2.75, 3.05) is 13.2 Å². The van der Waals surface area contributed by atoms with E-state index in [2.05, 4.69) is 5.32 Å².